The van der Waals surface area contributed by atoms with Crippen LogP contribution in [0.2, 0.25) is 0 Å². The van der Waals surface area contributed by atoms with Gasteiger partial charge in [-0.25, -0.2) is 4.98 Å². The van der Waals surface area contributed by atoms with Gasteiger partial charge in [0.2, 0.25) is 0 Å². The number of nitriles is 1. The van der Waals surface area contributed by atoms with Crippen LogP contribution in [-0.2, 0) is 13.5 Å². The van der Waals surface area contributed by atoms with E-state index in [2.05, 4.69) is 28.4 Å². The van der Waals surface area contributed by atoms with Gasteiger partial charge in [-0.1, -0.05) is 12.1 Å². The molecular weight excluding hydrogens is 238 g/mol. The summed E-state index contributed by atoms with van der Waals surface area (Å²) in [7, 11) is 1.86. The van der Waals surface area contributed by atoms with Crippen molar-refractivity contribution in [3.8, 4) is 6.07 Å². The molecule has 0 fully saturated rings. The zero-order valence-corrected chi connectivity index (χ0v) is 11.2. The van der Waals surface area contributed by atoms with Crippen LogP contribution in [0.3, 0.4) is 0 Å². The van der Waals surface area contributed by atoms with Gasteiger partial charge >= 0.3 is 0 Å². The summed E-state index contributed by atoms with van der Waals surface area (Å²) in [6.07, 6.45) is 2.50. The summed E-state index contributed by atoms with van der Waals surface area (Å²) < 4.78 is 1.70. The Kier molecular flexibility index (Phi) is 4.26. The zero-order chi connectivity index (χ0) is 13.7. The molecule has 1 aromatic heterocycles. The summed E-state index contributed by atoms with van der Waals surface area (Å²) in [5.41, 5.74) is 1.81. The first-order valence-corrected chi connectivity index (χ1v) is 6.27. The molecule has 0 aliphatic carbocycles. The topological polar surface area (TPSA) is 66.5 Å². The molecule has 0 amide bonds. The van der Waals surface area contributed by atoms with Crippen molar-refractivity contribution in [1.82, 2.24) is 20.1 Å². The standard InChI is InChI=1S/C14H17N5/c1-11(13-5-3-4-12(8-13)9-15)16-7-6-14-17-10-19(2)18-14/h3-5,8,10-11,16H,6-7H2,1-2H3. The minimum absolute atomic E-state index is 0.206. The fourth-order valence-corrected chi connectivity index (χ4v) is 1.89. The van der Waals surface area contributed by atoms with E-state index in [9.17, 15) is 0 Å². The van der Waals surface area contributed by atoms with Crippen LogP contribution in [0.4, 0.5) is 0 Å². The Balaban J connectivity index is 1.87. The molecule has 1 N–H and O–H groups in total. The predicted molar refractivity (Wildman–Crippen MR) is 72.3 cm³/mol. The molecule has 5 nitrogen and oxygen atoms in total. The van der Waals surface area contributed by atoms with Gasteiger partial charge in [0, 0.05) is 26.1 Å². The molecule has 1 unspecified atom stereocenters. The van der Waals surface area contributed by atoms with Crippen molar-refractivity contribution in [2.75, 3.05) is 6.54 Å². The molecule has 2 aromatic rings. The maximum atomic E-state index is 8.88. The van der Waals surface area contributed by atoms with Gasteiger partial charge in [-0.05, 0) is 24.6 Å². The molecule has 0 aliphatic rings. The fourth-order valence-electron chi connectivity index (χ4n) is 1.89. The third kappa shape index (κ3) is 3.63. The Morgan fingerprint density at radius 1 is 1.47 bits per heavy atom. The van der Waals surface area contributed by atoms with Crippen LogP contribution in [-0.4, -0.2) is 21.3 Å². The van der Waals surface area contributed by atoms with Crippen molar-refractivity contribution in [3.63, 3.8) is 0 Å². The van der Waals surface area contributed by atoms with E-state index in [-0.39, 0.29) is 6.04 Å². The smallest absolute Gasteiger partial charge is 0.151 e. The van der Waals surface area contributed by atoms with Crippen LogP contribution >= 0.6 is 0 Å². The second-order valence-electron chi connectivity index (χ2n) is 4.50. The third-order valence-corrected chi connectivity index (χ3v) is 2.96. The first kappa shape index (κ1) is 13.2. The van der Waals surface area contributed by atoms with Crippen LogP contribution in [0.1, 0.15) is 29.9 Å². The second-order valence-corrected chi connectivity index (χ2v) is 4.50. The van der Waals surface area contributed by atoms with E-state index in [0.717, 1.165) is 24.4 Å². The van der Waals surface area contributed by atoms with E-state index in [1.165, 1.54) is 0 Å². The van der Waals surface area contributed by atoms with Crippen molar-refractivity contribution in [2.45, 2.75) is 19.4 Å². The van der Waals surface area contributed by atoms with Crippen molar-refractivity contribution >= 4 is 0 Å². The number of aromatic nitrogens is 3. The highest BCUT2D eigenvalue weighted by molar-refractivity contribution is 5.33. The molecule has 0 saturated heterocycles. The molecule has 0 radical (unpaired) electrons. The lowest BCUT2D eigenvalue weighted by Gasteiger charge is -2.13. The Hall–Kier alpha value is -2.19. The highest BCUT2D eigenvalue weighted by atomic mass is 15.3. The molecule has 98 valence electrons. The highest BCUT2D eigenvalue weighted by Gasteiger charge is 2.06. The minimum Gasteiger partial charge on any atom is -0.310 e. The normalized spacial score (nSPS) is 12.1. The lowest BCUT2D eigenvalue weighted by atomic mass is 10.1. The fraction of sp³-hybridized carbons (Fsp3) is 0.357. The van der Waals surface area contributed by atoms with Crippen molar-refractivity contribution in [1.29, 1.82) is 5.26 Å². The number of nitrogens with one attached hydrogen (secondary N) is 1. The Labute approximate surface area is 112 Å². The summed E-state index contributed by atoms with van der Waals surface area (Å²) in [5, 5.41) is 16.5. The van der Waals surface area contributed by atoms with Gasteiger partial charge in [-0.3, -0.25) is 4.68 Å². The number of aryl methyl sites for hydroxylation is 1. The molecule has 0 bridgehead atoms. The van der Waals surface area contributed by atoms with Gasteiger partial charge in [-0.15, -0.1) is 0 Å². The molecule has 19 heavy (non-hydrogen) atoms. The summed E-state index contributed by atoms with van der Waals surface area (Å²) in [6.45, 7) is 2.89. The van der Waals surface area contributed by atoms with Crippen LogP contribution in [0, 0.1) is 11.3 Å². The molecule has 1 atom stereocenters. The summed E-state index contributed by atoms with van der Waals surface area (Å²) in [4.78, 5) is 4.18. The second kappa shape index (κ2) is 6.12. The maximum absolute atomic E-state index is 8.88. The number of hydrogen-bond donors (Lipinski definition) is 1. The van der Waals surface area contributed by atoms with Crippen LogP contribution in [0.25, 0.3) is 0 Å². The number of nitrogens with zero attached hydrogens (tertiary/aromatic N) is 4. The van der Waals surface area contributed by atoms with Crippen molar-refractivity contribution in [2.24, 2.45) is 7.05 Å². The first-order chi connectivity index (χ1) is 9.19. The Morgan fingerprint density at radius 3 is 3.00 bits per heavy atom. The summed E-state index contributed by atoms with van der Waals surface area (Å²) >= 11 is 0. The van der Waals surface area contributed by atoms with E-state index in [4.69, 9.17) is 5.26 Å². The van der Waals surface area contributed by atoms with Crippen LogP contribution in [0.15, 0.2) is 30.6 Å². The summed E-state index contributed by atoms with van der Waals surface area (Å²) in [6, 6.07) is 10.0. The third-order valence-electron chi connectivity index (χ3n) is 2.96. The quantitative estimate of drug-likeness (QED) is 0.881. The molecule has 1 aromatic carbocycles. The van der Waals surface area contributed by atoms with E-state index in [1.54, 1.807) is 11.0 Å². The van der Waals surface area contributed by atoms with Crippen LogP contribution < -0.4 is 5.32 Å². The average molecular weight is 255 g/mol. The van der Waals surface area contributed by atoms with E-state index in [0.29, 0.717) is 5.56 Å². The van der Waals surface area contributed by atoms with Gasteiger partial charge in [0.15, 0.2) is 5.82 Å². The molecule has 0 saturated carbocycles. The van der Waals surface area contributed by atoms with E-state index in [1.807, 2.05) is 31.3 Å². The lowest BCUT2D eigenvalue weighted by Crippen LogP contribution is -2.21. The highest BCUT2D eigenvalue weighted by Crippen LogP contribution is 2.13. The van der Waals surface area contributed by atoms with Gasteiger partial charge < -0.3 is 5.32 Å². The molecule has 5 heteroatoms. The molecule has 0 aliphatic heterocycles. The van der Waals surface area contributed by atoms with Gasteiger partial charge in [0.1, 0.15) is 6.33 Å². The zero-order valence-electron chi connectivity index (χ0n) is 11.2. The number of hydrogen-bond acceptors (Lipinski definition) is 4. The monoisotopic (exact) mass is 255 g/mol. The molecule has 1 heterocycles. The number of rotatable bonds is 5. The predicted octanol–water partition coefficient (Wildman–Crippen LogP) is 1.58. The Morgan fingerprint density at radius 2 is 2.32 bits per heavy atom. The summed E-state index contributed by atoms with van der Waals surface area (Å²) in [5.74, 6) is 0.841. The maximum Gasteiger partial charge on any atom is 0.151 e. The van der Waals surface area contributed by atoms with Gasteiger partial charge in [-0.2, -0.15) is 10.4 Å². The molecule has 0 spiro atoms. The van der Waals surface area contributed by atoms with Crippen LogP contribution in [0.5, 0.6) is 0 Å². The SMILES string of the molecule is CC(NCCc1ncn(C)n1)c1cccc(C#N)c1. The first-order valence-electron chi connectivity index (χ1n) is 6.27. The number of benzene rings is 1. The van der Waals surface area contributed by atoms with Crippen molar-refractivity contribution < 1.29 is 0 Å². The minimum atomic E-state index is 0.206. The van der Waals surface area contributed by atoms with E-state index >= 15 is 0 Å². The Bertz CT molecular complexity index is 582. The molecular formula is C14H17N5. The van der Waals surface area contributed by atoms with E-state index < -0.39 is 0 Å². The molecule has 2 rings (SSSR count). The largest absolute Gasteiger partial charge is 0.310 e. The van der Waals surface area contributed by atoms with Gasteiger partial charge in [0.05, 0.1) is 11.6 Å². The lowest BCUT2D eigenvalue weighted by molar-refractivity contribution is 0.568. The van der Waals surface area contributed by atoms with Gasteiger partial charge in [0.25, 0.3) is 0 Å². The average Bonchev–Trinajstić information content (AvgIpc) is 2.84. The van der Waals surface area contributed by atoms with Crippen molar-refractivity contribution in [3.05, 3.63) is 47.5 Å².